The molecule has 1 aromatic carbocycles. The first-order chi connectivity index (χ1) is 18.4. The Morgan fingerprint density at radius 1 is 1.25 bits per heavy atom. The van der Waals surface area contributed by atoms with Gasteiger partial charge in [0.05, 0.1) is 36.8 Å². The van der Waals surface area contributed by atoms with Gasteiger partial charge in [-0.05, 0) is 56.2 Å². The highest BCUT2D eigenvalue weighted by molar-refractivity contribution is 9.10. The summed E-state index contributed by atoms with van der Waals surface area (Å²) in [6.45, 7) is 2.51. The fourth-order valence-electron chi connectivity index (χ4n) is 3.88. The normalized spacial score (nSPS) is 11.4. The van der Waals surface area contributed by atoms with Crippen molar-refractivity contribution in [3.05, 3.63) is 80.9 Å². The van der Waals surface area contributed by atoms with Crippen LogP contribution in [0.15, 0.2) is 53.4 Å². The maximum Gasteiger partial charge on any atom is 0.391 e. The molecule has 0 fully saturated rings. The van der Waals surface area contributed by atoms with E-state index in [0.29, 0.717) is 61.8 Å². The van der Waals surface area contributed by atoms with Gasteiger partial charge in [-0.25, -0.2) is 19.3 Å². The Morgan fingerprint density at radius 3 is 2.70 bits per heavy atom. The molecule has 2 N–H and O–H groups in total. The smallest absolute Gasteiger partial charge is 0.391 e. The van der Waals surface area contributed by atoms with E-state index in [1.807, 2.05) is 14.1 Å². The molecule has 3 heterocycles. The van der Waals surface area contributed by atoms with Crippen molar-refractivity contribution in [2.45, 2.75) is 13.5 Å². The lowest BCUT2D eigenvalue weighted by Crippen LogP contribution is -3.00. The van der Waals surface area contributed by atoms with Crippen LogP contribution >= 0.6 is 15.9 Å². The van der Waals surface area contributed by atoms with Crippen LogP contribution in [0, 0.1) is 22.9 Å². The fourth-order valence-corrected chi connectivity index (χ4v) is 4.26. The van der Waals surface area contributed by atoms with Gasteiger partial charge in [0.15, 0.2) is 5.69 Å². The molecule has 0 saturated heterocycles. The summed E-state index contributed by atoms with van der Waals surface area (Å²) in [4.78, 5) is 40.3. The van der Waals surface area contributed by atoms with E-state index < -0.39 is 10.8 Å². The SMILES string of the molecule is Cc1nc([N+](=O)[O-])c(C[N+](C)(C)C/C=C/C(=O)Nc2cc3c(Nc4ccc(F)c(Br)c4)ncnc3cn2)n1C.[Br-]. The predicted molar refractivity (Wildman–Crippen MR) is 148 cm³/mol. The summed E-state index contributed by atoms with van der Waals surface area (Å²) in [5.41, 5.74) is 1.68. The molecule has 0 unspecified atom stereocenters. The van der Waals surface area contributed by atoms with Crippen molar-refractivity contribution in [2.75, 3.05) is 31.3 Å². The quantitative estimate of drug-likeness (QED) is 0.117. The Bertz CT molecular complexity index is 1610. The maximum absolute atomic E-state index is 13.6. The highest BCUT2D eigenvalue weighted by Gasteiger charge is 2.29. The van der Waals surface area contributed by atoms with Gasteiger partial charge in [0, 0.05) is 31.1 Å². The Balaban J connectivity index is 0.00000441. The molecule has 0 aliphatic carbocycles. The van der Waals surface area contributed by atoms with Crippen molar-refractivity contribution >= 4 is 55.9 Å². The number of anilines is 3. The predicted octanol–water partition coefficient (Wildman–Crippen LogP) is 1.40. The number of nitro groups is 1. The lowest BCUT2D eigenvalue weighted by atomic mass is 10.2. The lowest BCUT2D eigenvalue weighted by Gasteiger charge is -2.28. The van der Waals surface area contributed by atoms with E-state index in [0.717, 1.165) is 0 Å². The Kier molecular flexibility index (Phi) is 9.65. The van der Waals surface area contributed by atoms with E-state index in [9.17, 15) is 19.3 Å². The van der Waals surface area contributed by atoms with Gasteiger partial charge in [-0.15, -0.1) is 0 Å². The van der Waals surface area contributed by atoms with E-state index >= 15 is 0 Å². The van der Waals surface area contributed by atoms with E-state index in [4.69, 9.17) is 0 Å². The van der Waals surface area contributed by atoms with Gasteiger partial charge >= 0.3 is 5.82 Å². The average molecular weight is 679 g/mol. The van der Waals surface area contributed by atoms with Crippen LogP contribution in [-0.4, -0.2) is 60.5 Å². The van der Waals surface area contributed by atoms with E-state index in [2.05, 4.69) is 46.5 Å². The maximum atomic E-state index is 13.6. The zero-order valence-electron chi connectivity index (χ0n) is 22.0. The number of imidazole rings is 1. The van der Waals surface area contributed by atoms with Crippen LogP contribution in [0.3, 0.4) is 0 Å². The largest absolute Gasteiger partial charge is 1.00 e. The molecule has 0 aliphatic heterocycles. The number of aryl methyl sites for hydroxylation is 1. The number of hydrogen-bond donors (Lipinski definition) is 2. The molecule has 4 aromatic rings. The number of carbonyl (C=O) groups is 1. The number of fused-ring (bicyclic) bond motifs is 1. The van der Waals surface area contributed by atoms with Crippen molar-refractivity contribution in [1.82, 2.24) is 24.5 Å². The van der Waals surface area contributed by atoms with Crippen LogP contribution in [0.1, 0.15) is 11.5 Å². The first kappa shape index (κ1) is 30.7. The summed E-state index contributed by atoms with van der Waals surface area (Å²) in [7, 11) is 5.57. The van der Waals surface area contributed by atoms with Crippen LogP contribution in [0.25, 0.3) is 10.9 Å². The summed E-state index contributed by atoms with van der Waals surface area (Å²) in [5, 5.41) is 17.9. The Hall–Kier alpha value is -3.82. The molecule has 210 valence electrons. The van der Waals surface area contributed by atoms with Gasteiger partial charge < -0.3 is 46.8 Å². The summed E-state index contributed by atoms with van der Waals surface area (Å²) in [6, 6.07) is 6.14. The van der Waals surface area contributed by atoms with Gasteiger partial charge in [0.1, 0.15) is 30.3 Å². The minimum Gasteiger partial charge on any atom is -1.00 e. The van der Waals surface area contributed by atoms with Crippen molar-refractivity contribution in [3.8, 4) is 0 Å². The monoisotopic (exact) mass is 677 g/mol. The van der Waals surface area contributed by atoms with Gasteiger partial charge in [-0.1, -0.05) is 0 Å². The van der Waals surface area contributed by atoms with E-state index in [1.54, 1.807) is 42.8 Å². The Labute approximate surface area is 248 Å². The van der Waals surface area contributed by atoms with Gasteiger partial charge in [-0.3, -0.25) is 4.79 Å². The molecule has 0 saturated carbocycles. The van der Waals surface area contributed by atoms with Crippen molar-refractivity contribution in [3.63, 3.8) is 0 Å². The number of pyridine rings is 1. The molecule has 15 heteroatoms. The summed E-state index contributed by atoms with van der Waals surface area (Å²) < 4.78 is 16.0. The van der Waals surface area contributed by atoms with Crippen LogP contribution in [-0.2, 0) is 18.4 Å². The van der Waals surface area contributed by atoms with Crippen LogP contribution in [0.5, 0.6) is 0 Å². The number of quaternary nitrogens is 1. The summed E-state index contributed by atoms with van der Waals surface area (Å²) >= 11 is 3.17. The number of rotatable bonds is 9. The number of amides is 1. The molecule has 1 amide bonds. The number of hydrogen-bond acceptors (Lipinski definition) is 8. The molecule has 0 aliphatic rings. The van der Waals surface area contributed by atoms with E-state index in [1.165, 1.54) is 24.7 Å². The average Bonchev–Trinajstić information content (AvgIpc) is 3.14. The third-order valence-corrected chi connectivity index (χ3v) is 6.60. The first-order valence-electron chi connectivity index (χ1n) is 11.7. The molecule has 0 spiro atoms. The molecular weight excluding hydrogens is 653 g/mol. The van der Waals surface area contributed by atoms with E-state index in [-0.39, 0.29) is 28.6 Å². The first-order valence-corrected chi connectivity index (χ1v) is 12.5. The molecular formula is C25H26Br2FN9O3. The van der Waals surface area contributed by atoms with Crippen molar-refractivity contribution < 1.29 is 35.6 Å². The third-order valence-electron chi connectivity index (χ3n) is 5.99. The van der Waals surface area contributed by atoms with Gasteiger partial charge in [-0.2, -0.15) is 0 Å². The number of carbonyl (C=O) groups excluding carboxylic acids is 1. The number of likely N-dealkylation sites (N-methyl/N-ethyl adjacent to an activating group) is 1. The topological polar surface area (TPSA) is 141 Å². The Morgan fingerprint density at radius 2 is 2.00 bits per heavy atom. The lowest BCUT2D eigenvalue weighted by molar-refractivity contribution is -0.898. The number of halogens is 3. The van der Waals surface area contributed by atoms with Gasteiger partial charge in [0.2, 0.25) is 11.7 Å². The summed E-state index contributed by atoms with van der Waals surface area (Å²) in [5.74, 6) is 0.387. The zero-order valence-corrected chi connectivity index (χ0v) is 25.2. The van der Waals surface area contributed by atoms with Crippen LogP contribution < -0.4 is 27.6 Å². The standard InChI is InChI=1S/C25H25BrFN9O3.BrH/c1-15-31-25(35(38)39)21(34(15)2)13-36(3,4)9-5-6-23(37)33-22-11-17-20(12-28-22)29-14-30-24(17)32-16-7-8-19(27)18(26)10-16;/h5-8,10-12,14H,9,13H2,1-4H3,(H-,28,29,30,32,33,37);1H/b6-5+;. The molecule has 3 aromatic heterocycles. The molecule has 0 radical (unpaired) electrons. The van der Waals surface area contributed by atoms with Crippen molar-refractivity contribution in [2.24, 2.45) is 7.05 Å². The second-order valence-electron chi connectivity index (χ2n) is 9.48. The molecule has 4 rings (SSSR count). The molecule has 12 nitrogen and oxygen atoms in total. The van der Waals surface area contributed by atoms with Crippen LogP contribution in [0.2, 0.25) is 0 Å². The highest BCUT2D eigenvalue weighted by atomic mass is 79.9. The molecule has 40 heavy (non-hydrogen) atoms. The van der Waals surface area contributed by atoms with Gasteiger partial charge in [0.25, 0.3) is 0 Å². The second-order valence-corrected chi connectivity index (χ2v) is 10.3. The minimum atomic E-state index is -0.479. The number of nitrogens with one attached hydrogen (secondary N) is 2. The fraction of sp³-hybridized carbons (Fsp3) is 0.240. The molecule has 0 bridgehead atoms. The second kappa shape index (κ2) is 12.6. The number of aromatic nitrogens is 5. The van der Waals surface area contributed by atoms with Crippen molar-refractivity contribution in [1.29, 1.82) is 0 Å². The highest BCUT2D eigenvalue weighted by Crippen LogP contribution is 2.27. The third kappa shape index (κ3) is 7.22. The minimum absolute atomic E-state index is 0. The number of nitrogens with zero attached hydrogens (tertiary/aromatic N) is 7. The summed E-state index contributed by atoms with van der Waals surface area (Å²) in [6.07, 6.45) is 6.00. The number of benzene rings is 1. The van der Waals surface area contributed by atoms with Crippen LogP contribution in [0.4, 0.5) is 27.5 Å². The molecule has 0 atom stereocenters. The zero-order chi connectivity index (χ0) is 28.3.